The van der Waals surface area contributed by atoms with Gasteiger partial charge in [-0.1, -0.05) is 30.9 Å². The van der Waals surface area contributed by atoms with Crippen LogP contribution in [0.4, 0.5) is 5.69 Å². The summed E-state index contributed by atoms with van der Waals surface area (Å²) in [5.74, 6) is 0.610. The molecule has 4 heteroatoms. The number of hydrogen-bond acceptors (Lipinski definition) is 2. The van der Waals surface area contributed by atoms with Crippen molar-refractivity contribution in [2.45, 2.75) is 45.1 Å². The van der Waals surface area contributed by atoms with Crippen LogP contribution in [0.5, 0.6) is 0 Å². The lowest BCUT2D eigenvalue weighted by molar-refractivity contribution is 0.0963. The molecule has 20 heavy (non-hydrogen) atoms. The molecule has 1 saturated carbocycles. The first-order valence-electron chi connectivity index (χ1n) is 7.40. The SMILES string of the molecule is CNC(=O)c1ccc(Cl)c(NC(C)C2CCCCC2)c1. The van der Waals surface area contributed by atoms with Gasteiger partial charge in [-0.2, -0.15) is 0 Å². The average Bonchev–Trinajstić information content (AvgIpc) is 2.49. The average molecular weight is 295 g/mol. The van der Waals surface area contributed by atoms with E-state index in [4.69, 9.17) is 11.6 Å². The number of rotatable bonds is 4. The maximum absolute atomic E-state index is 11.7. The van der Waals surface area contributed by atoms with Crippen molar-refractivity contribution >= 4 is 23.2 Å². The third-order valence-electron chi connectivity index (χ3n) is 4.20. The Kier molecular flexibility index (Phi) is 5.30. The van der Waals surface area contributed by atoms with Gasteiger partial charge in [-0.05, 0) is 43.9 Å². The van der Waals surface area contributed by atoms with Gasteiger partial charge >= 0.3 is 0 Å². The third kappa shape index (κ3) is 3.66. The molecule has 1 aliphatic carbocycles. The summed E-state index contributed by atoms with van der Waals surface area (Å²) in [6.07, 6.45) is 6.56. The molecule has 2 rings (SSSR count). The molecule has 0 aliphatic heterocycles. The lowest BCUT2D eigenvalue weighted by Crippen LogP contribution is -2.28. The van der Waals surface area contributed by atoms with Crippen LogP contribution in [-0.4, -0.2) is 19.0 Å². The van der Waals surface area contributed by atoms with Crippen LogP contribution in [0.3, 0.4) is 0 Å². The summed E-state index contributed by atoms with van der Waals surface area (Å²) in [7, 11) is 1.63. The Morgan fingerprint density at radius 2 is 2.00 bits per heavy atom. The molecule has 1 aromatic rings. The van der Waals surface area contributed by atoms with Gasteiger partial charge < -0.3 is 10.6 Å². The van der Waals surface area contributed by atoms with E-state index in [0.29, 0.717) is 22.5 Å². The molecule has 0 radical (unpaired) electrons. The standard InChI is InChI=1S/C16H23ClN2O/c1-11(12-6-4-3-5-7-12)19-15-10-13(16(20)18-2)8-9-14(15)17/h8-12,19H,3-7H2,1-2H3,(H,18,20). The first kappa shape index (κ1) is 15.2. The second-order valence-electron chi connectivity index (χ2n) is 5.60. The van der Waals surface area contributed by atoms with Crippen LogP contribution in [-0.2, 0) is 0 Å². The fraction of sp³-hybridized carbons (Fsp3) is 0.562. The molecule has 1 aromatic carbocycles. The largest absolute Gasteiger partial charge is 0.381 e. The normalized spacial score (nSPS) is 17.6. The van der Waals surface area contributed by atoms with E-state index in [1.54, 1.807) is 19.2 Å². The van der Waals surface area contributed by atoms with Crippen molar-refractivity contribution in [2.75, 3.05) is 12.4 Å². The summed E-state index contributed by atoms with van der Waals surface area (Å²) in [4.78, 5) is 11.7. The molecule has 0 aromatic heterocycles. The topological polar surface area (TPSA) is 41.1 Å². The number of benzene rings is 1. The number of carbonyl (C=O) groups excluding carboxylic acids is 1. The maximum atomic E-state index is 11.7. The van der Waals surface area contributed by atoms with Crippen molar-refractivity contribution in [3.63, 3.8) is 0 Å². The Balaban J connectivity index is 2.09. The zero-order chi connectivity index (χ0) is 14.5. The minimum Gasteiger partial charge on any atom is -0.381 e. The summed E-state index contributed by atoms with van der Waals surface area (Å²) < 4.78 is 0. The molecule has 0 saturated heterocycles. The first-order chi connectivity index (χ1) is 9.61. The van der Waals surface area contributed by atoms with E-state index in [1.807, 2.05) is 6.07 Å². The number of anilines is 1. The van der Waals surface area contributed by atoms with Gasteiger partial charge in [-0.3, -0.25) is 4.79 Å². The van der Waals surface area contributed by atoms with Gasteiger partial charge in [0.2, 0.25) is 0 Å². The van der Waals surface area contributed by atoms with Crippen molar-refractivity contribution in [1.82, 2.24) is 5.32 Å². The van der Waals surface area contributed by atoms with Crippen molar-refractivity contribution in [1.29, 1.82) is 0 Å². The molecule has 0 spiro atoms. The van der Waals surface area contributed by atoms with Gasteiger partial charge in [0.25, 0.3) is 5.91 Å². The van der Waals surface area contributed by atoms with Crippen LogP contribution < -0.4 is 10.6 Å². The number of halogens is 1. The van der Waals surface area contributed by atoms with Crippen LogP contribution in [0, 0.1) is 5.92 Å². The Bertz CT molecular complexity index is 470. The first-order valence-corrected chi connectivity index (χ1v) is 7.77. The maximum Gasteiger partial charge on any atom is 0.251 e. The van der Waals surface area contributed by atoms with E-state index < -0.39 is 0 Å². The molecule has 110 valence electrons. The molecular weight excluding hydrogens is 272 g/mol. The van der Waals surface area contributed by atoms with Crippen LogP contribution in [0.15, 0.2) is 18.2 Å². The van der Waals surface area contributed by atoms with Gasteiger partial charge in [-0.15, -0.1) is 0 Å². The second kappa shape index (κ2) is 6.98. The van der Waals surface area contributed by atoms with E-state index in [2.05, 4.69) is 17.6 Å². The van der Waals surface area contributed by atoms with E-state index in [-0.39, 0.29) is 5.91 Å². The van der Waals surface area contributed by atoms with Gasteiger partial charge in [0.05, 0.1) is 10.7 Å². The third-order valence-corrected chi connectivity index (χ3v) is 4.53. The van der Waals surface area contributed by atoms with Crippen molar-refractivity contribution in [2.24, 2.45) is 5.92 Å². The van der Waals surface area contributed by atoms with Gasteiger partial charge in [0, 0.05) is 18.7 Å². The molecular formula is C16H23ClN2O. The molecule has 1 fully saturated rings. The summed E-state index contributed by atoms with van der Waals surface area (Å²) in [6, 6.07) is 5.74. The lowest BCUT2D eigenvalue weighted by atomic mass is 9.84. The number of carbonyl (C=O) groups is 1. The van der Waals surface area contributed by atoms with Crippen molar-refractivity contribution in [3.8, 4) is 0 Å². The van der Waals surface area contributed by atoms with Crippen LogP contribution >= 0.6 is 11.6 Å². The zero-order valence-electron chi connectivity index (χ0n) is 12.2. The number of hydrogen-bond donors (Lipinski definition) is 2. The second-order valence-corrected chi connectivity index (χ2v) is 6.01. The van der Waals surface area contributed by atoms with E-state index >= 15 is 0 Å². The molecule has 1 aliphatic rings. The summed E-state index contributed by atoms with van der Waals surface area (Å²) in [5, 5.41) is 6.79. The molecule has 2 N–H and O–H groups in total. The Hall–Kier alpha value is -1.22. The van der Waals surface area contributed by atoms with Crippen LogP contribution in [0.25, 0.3) is 0 Å². The predicted octanol–water partition coefficient (Wildman–Crippen LogP) is 4.08. The fourth-order valence-electron chi connectivity index (χ4n) is 2.92. The zero-order valence-corrected chi connectivity index (χ0v) is 13.0. The quantitative estimate of drug-likeness (QED) is 0.878. The van der Waals surface area contributed by atoms with Crippen molar-refractivity contribution < 1.29 is 4.79 Å². The fourth-order valence-corrected chi connectivity index (χ4v) is 3.09. The van der Waals surface area contributed by atoms with Crippen molar-refractivity contribution in [3.05, 3.63) is 28.8 Å². The van der Waals surface area contributed by atoms with E-state index in [0.717, 1.165) is 5.69 Å². The van der Waals surface area contributed by atoms with E-state index in [1.165, 1.54) is 32.1 Å². The van der Waals surface area contributed by atoms with Gasteiger partial charge in [-0.25, -0.2) is 0 Å². The molecule has 1 unspecified atom stereocenters. The molecule has 1 atom stereocenters. The summed E-state index contributed by atoms with van der Waals surface area (Å²) in [5.41, 5.74) is 1.49. The van der Waals surface area contributed by atoms with Gasteiger partial charge in [0.1, 0.15) is 0 Å². The summed E-state index contributed by atoms with van der Waals surface area (Å²) >= 11 is 6.23. The highest BCUT2D eigenvalue weighted by atomic mass is 35.5. The molecule has 0 heterocycles. The highest BCUT2D eigenvalue weighted by Gasteiger charge is 2.20. The van der Waals surface area contributed by atoms with E-state index in [9.17, 15) is 4.79 Å². The Morgan fingerprint density at radius 3 is 2.65 bits per heavy atom. The Labute approximate surface area is 126 Å². The minimum absolute atomic E-state index is 0.0879. The lowest BCUT2D eigenvalue weighted by Gasteiger charge is -2.29. The Morgan fingerprint density at radius 1 is 1.30 bits per heavy atom. The predicted molar refractivity (Wildman–Crippen MR) is 84.5 cm³/mol. The van der Waals surface area contributed by atoms with Crippen LogP contribution in [0.1, 0.15) is 49.4 Å². The smallest absolute Gasteiger partial charge is 0.251 e. The highest BCUT2D eigenvalue weighted by Crippen LogP contribution is 2.30. The van der Waals surface area contributed by atoms with Gasteiger partial charge in [0.15, 0.2) is 0 Å². The monoisotopic (exact) mass is 294 g/mol. The minimum atomic E-state index is -0.0879. The number of amides is 1. The van der Waals surface area contributed by atoms with Crippen LogP contribution in [0.2, 0.25) is 5.02 Å². The number of nitrogens with one attached hydrogen (secondary N) is 2. The molecule has 3 nitrogen and oxygen atoms in total. The molecule has 1 amide bonds. The molecule has 0 bridgehead atoms. The highest BCUT2D eigenvalue weighted by molar-refractivity contribution is 6.33. The summed E-state index contributed by atoms with van der Waals surface area (Å²) in [6.45, 7) is 2.21.